The van der Waals surface area contributed by atoms with Crippen molar-refractivity contribution in [3.63, 3.8) is 0 Å². The fraction of sp³-hybridized carbons (Fsp3) is 0.667. The van der Waals surface area contributed by atoms with Crippen LogP contribution in [0.5, 0.6) is 0 Å². The molecule has 0 aromatic rings. The number of ketones is 2. The second kappa shape index (κ2) is 13.7. The minimum Gasteiger partial charge on any atom is -0.480 e. The molecule has 0 rings (SSSR count). The van der Waals surface area contributed by atoms with Crippen molar-refractivity contribution in [1.82, 2.24) is 0 Å². The molecule has 0 bridgehead atoms. The number of carboxylic acid groups (broad SMARTS) is 2. The van der Waals surface area contributed by atoms with Crippen molar-refractivity contribution in [2.24, 2.45) is 11.5 Å². The van der Waals surface area contributed by atoms with Crippen molar-refractivity contribution >= 4 is 23.5 Å². The van der Waals surface area contributed by atoms with Gasteiger partial charge in [-0.05, 0) is 12.8 Å². The Bertz CT molecular complexity index is 489. The van der Waals surface area contributed by atoms with Crippen LogP contribution >= 0.6 is 0 Å². The number of nitrogens with zero attached hydrogens (tertiary/aromatic N) is 4. The Labute approximate surface area is 137 Å². The molecule has 0 aromatic carbocycles. The molecule has 0 saturated heterocycles. The predicted molar refractivity (Wildman–Crippen MR) is 79.6 cm³/mol. The van der Waals surface area contributed by atoms with Gasteiger partial charge in [0.05, 0.1) is 0 Å². The fourth-order valence-electron chi connectivity index (χ4n) is 1.20. The molecule has 24 heavy (non-hydrogen) atoms. The van der Waals surface area contributed by atoms with Gasteiger partial charge in [-0.15, -0.1) is 0 Å². The van der Waals surface area contributed by atoms with E-state index in [1.54, 1.807) is 0 Å². The number of carboxylic acids is 2. The fourth-order valence-corrected chi connectivity index (χ4v) is 1.20. The third-order valence-corrected chi connectivity index (χ3v) is 2.60. The van der Waals surface area contributed by atoms with E-state index in [-0.39, 0.29) is 50.3 Å². The first-order valence-electron chi connectivity index (χ1n) is 6.77. The summed E-state index contributed by atoms with van der Waals surface area (Å²) in [7, 11) is 0. The third-order valence-electron chi connectivity index (χ3n) is 2.60. The summed E-state index contributed by atoms with van der Waals surface area (Å²) in [6, 6.07) is -2.04. The number of hydrogen-bond donors (Lipinski definition) is 4. The number of diazo groups is 2. The topological polar surface area (TPSA) is 217 Å². The second-order valence-electron chi connectivity index (χ2n) is 4.64. The zero-order valence-electron chi connectivity index (χ0n) is 12.9. The highest BCUT2D eigenvalue weighted by Crippen LogP contribution is 1.97. The molecule has 12 nitrogen and oxygen atoms in total. The van der Waals surface area contributed by atoms with Crippen molar-refractivity contribution in [2.45, 2.75) is 37.8 Å². The Hall–Kier alpha value is -2.96. The van der Waals surface area contributed by atoms with E-state index in [0.717, 1.165) is 0 Å². The van der Waals surface area contributed by atoms with E-state index >= 15 is 0 Å². The molecular formula is C12H20N6O6+2. The number of hydrogen-bond acceptors (Lipinski definition) is 8. The Morgan fingerprint density at radius 3 is 1.29 bits per heavy atom. The maximum Gasteiger partial charge on any atom is 0.362 e. The molecule has 0 heterocycles. The second-order valence-corrected chi connectivity index (χ2v) is 4.64. The van der Waals surface area contributed by atoms with E-state index in [1.165, 1.54) is 0 Å². The molecule has 0 aliphatic carbocycles. The highest BCUT2D eigenvalue weighted by atomic mass is 16.4. The molecule has 2 atom stereocenters. The minimum absolute atomic E-state index is 0.0253. The van der Waals surface area contributed by atoms with Gasteiger partial charge in [0.15, 0.2) is 0 Å². The maximum absolute atomic E-state index is 10.7. The van der Waals surface area contributed by atoms with Gasteiger partial charge < -0.3 is 21.7 Å². The molecule has 12 heteroatoms. The molecule has 6 N–H and O–H groups in total. The number of carbonyl (C=O) groups is 4. The number of rotatable bonds is 10. The Balaban J connectivity index is 0. The van der Waals surface area contributed by atoms with Crippen LogP contribution in [-0.2, 0) is 19.2 Å². The van der Waals surface area contributed by atoms with Gasteiger partial charge in [0.2, 0.25) is 22.4 Å². The van der Waals surface area contributed by atoms with E-state index in [9.17, 15) is 19.2 Å². The van der Waals surface area contributed by atoms with Gasteiger partial charge in [0, 0.05) is 12.8 Å². The van der Waals surface area contributed by atoms with Crippen LogP contribution in [0.25, 0.3) is 9.95 Å². The average Bonchev–Trinajstić information content (AvgIpc) is 2.51. The van der Waals surface area contributed by atoms with Crippen LogP contribution in [0.1, 0.15) is 25.7 Å². The quantitative estimate of drug-likeness (QED) is 0.361. The van der Waals surface area contributed by atoms with Gasteiger partial charge in [0.1, 0.15) is 22.0 Å². The molecule has 0 saturated carbocycles. The molecule has 0 unspecified atom stereocenters. The zero-order chi connectivity index (χ0) is 19.1. The van der Waals surface area contributed by atoms with Crippen molar-refractivity contribution < 1.29 is 29.4 Å². The number of Topliss-reactive ketones (excluding diaryl/α,β-unsaturated/α-hetero) is 2. The Morgan fingerprint density at radius 1 is 0.792 bits per heavy atom. The maximum atomic E-state index is 10.7. The van der Waals surface area contributed by atoms with E-state index in [0.29, 0.717) is 0 Å². The van der Waals surface area contributed by atoms with Crippen molar-refractivity contribution in [3.05, 3.63) is 9.95 Å². The van der Waals surface area contributed by atoms with Crippen LogP contribution < -0.4 is 11.5 Å². The summed E-state index contributed by atoms with van der Waals surface area (Å²) >= 11 is 0. The first kappa shape index (κ1) is 23.3. The molecule has 0 spiro atoms. The van der Waals surface area contributed by atoms with E-state index < -0.39 is 24.0 Å². The van der Waals surface area contributed by atoms with Crippen LogP contribution in [0.4, 0.5) is 0 Å². The smallest absolute Gasteiger partial charge is 0.362 e. The predicted octanol–water partition coefficient (Wildman–Crippen LogP) is -0.799. The SMILES string of the molecule is N#[N+]CC(=O)CC[C@H](N)C(=O)O.N#[N+]CC(=O)CC[C@H](N)C(=O)O. The largest absolute Gasteiger partial charge is 0.480 e. The van der Waals surface area contributed by atoms with E-state index in [4.69, 9.17) is 32.5 Å². The number of aliphatic carboxylic acids is 2. The summed E-state index contributed by atoms with van der Waals surface area (Å²) in [5, 5.41) is 32.6. The Morgan fingerprint density at radius 2 is 1.08 bits per heavy atom. The highest BCUT2D eigenvalue weighted by Gasteiger charge is 2.16. The normalized spacial score (nSPS) is 11.7. The van der Waals surface area contributed by atoms with Gasteiger partial charge in [-0.1, -0.05) is 0 Å². The summed E-state index contributed by atoms with van der Waals surface area (Å²) in [5.74, 6) is -2.92. The zero-order valence-corrected chi connectivity index (χ0v) is 12.9. The van der Waals surface area contributed by atoms with Gasteiger partial charge >= 0.3 is 25.0 Å². The number of carbonyl (C=O) groups excluding carboxylic acids is 2. The first-order valence-corrected chi connectivity index (χ1v) is 6.77. The lowest BCUT2D eigenvalue weighted by Gasteiger charge is -2.01. The number of nitrogens with two attached hydrogens (primary N) is 2. The lowest BCUT2D eigenvalue weighted by atomic mass is 10.1. The molecule has 0 aliphatic rings. The third kappa shape index (κ3) is 14.0. The summed E-state index contributed by atoms with van der Waals surface area (Å²) in [6.07, 6.45) is 0.197. The lowest BCUT2D eigenvalue weighted by Crippen LogP contribution is -2.30. The first-order chi connectivity index (χ1) is 11.1. The molecule has 0 amide bonds. The van der Waals surface area contributed by atoms with Crippen molar-refractivity contribution in [3.8, 4) is 0 Å². The van der Waals surface area contributed by atoms with E-state index in [2.05, 4.69) is 9.95 Å². The van der Waals surface area contributed by atoms with Gasteiger partial charge in [0.25, 0.3) is 0 Å². The standard InChI is InChI=1S/2C6H9N3O3/c2*7-5(6(11)12)2-1-4(10)3-9-8/h2*5H,1-3,7H2/p+2/t2*5-/m00/s1. The lowest BCUT2D eigenvalue weighted by molar-refractivity contribution is -0.139. The van der Waals surface area contributed by atoms with Crippen LogP contribution in [0.15, 0.2) is 0 Å². The summed E-state index contributed by atoms with van der Waals surface area (Å²) in [5.41, 5.74) is 10.2. The summed E-state index contributed by atoms with van der Waals surface area (Å²) in [4.78, 5) is 46.9. The van der Waals surface area contributed by atoms with Crippen LogP contribution in [0.3, 0.4) is 0 Å². The molecule has 0 radical (unpaired) electrons. The monoisotopic (exact) mass is 344 g/mol. The molecule has 0 aliphatic heterocycles. The van der Waals surface area contributed by atoms with Gasteiger partial charge in [-0.2, -0.15) is 0 Å². The van der Waals surface area contributed by atoms with Crippen LogP contribution in [0.2, 0.25) is 0 Å². The highest BCUT2D eigenvalue weighted by molar-refractivity contribution is 5.83. The molecule has 0 fully saturated rings. The summed E-state index contributed by atoms with van der Waals surface area (Å²) < 4.78 is 0. The average molecular weight is 344 g/mol. The Kier molecular flexibility index (Phi) is 13.3. The van der Waals surface area contributed by atoms with Crippen LogP contribution in [0, 0.1) is 10.8 Å². The van der Waals surface area contributed by atoms with Gasteiger partial charge in [-0.3, -0.25) is 19.2 Å². The van der Waals surface area contributed by atoms with Gasteiger partial charge in [-0.25, -0.2) is 0 Å². The van der Waals surface area contributed by atoms with E-state index in [1.807, 2.05) is 0 Å². The minimum atomic E-state index is -1.14. The van der Waals surface area contributed by atoms with Crippen molar-refractivity contribution in [2.75, 3.05) is 13.1 Å². The molecule has 0 aromatic heterocycles. The molecular weight excluding hydrogens is 324 g/mol. The molecule has 132 valence electrons. The van der Waals surface area contributed by atoms with Crippen molar-refractivity contribution in [1.29, 1.82) is 10.8 Å². The van der Waals surface area contributed by atoms with Crippen LogP contribution in [-0.4, -0.2) is 58.9 Å². The summed E-state index contributed by atoms with van der Waals surface area (Å²) in [6.45, 7) is -0.599.